The van der Waals surface area contributed by atoms with Gasteiger partial charge in [0.1, 0.15) is 11.8 Å². The highest BCUT2D eigenvalue weighted by atomic mass is 16.4. The Morgan fingerprint density at radius 1 is 1.50 bits per heavy atom. The van der Waals surface area contributed by atoms with E-state index in [-0.39, 0.29) is 17.9 Å². The van der Waals surface area contributed by atoms with Crippen molar-refractivity contribution in [3.05, 3.63) is 17.8 Å². The first-order valence-corrected chi connectivity index (χ1v) is 6.36. The standard InChI is InChI=1S/C13H23N3O2/c1-8(2)5-11(6-14)12(17)16-10(4)13-15-7-9(3)18-13/h7-8,10-11H,5-6,14H2,1-4H3,(H,16,17). The molecule has 0 aliphatic carbocycles. The zero-order valence-electron chi connectivity index (χ0n) is 11.6. The third kappa shape index (κ3) is 4.14. The lowest BCUT2D eigenvalue weighted by Crippen LogP contribution is -2.37. The van der Waals surface area contributed by atoms with Gasteiger partial charge in [-0.3, -0.25) is 4.79 Å². The molecule has 3 N–H and O–H groups in total. The fraction of sp³-hybridized carbons (Fsp3) is 0.692. The van der Waals surface area contributed by atoms with Crippen molar-refractivity contribution in [1.82, 2.24) is 10.3 Å². The Balaban J connectivity index is 2.57. The smallest absolute Gasteiger partial charge is 0.225 e. The zero-order valence-corrected chi connectivity index (χ0v) is 11.6. The molecule has 0 radical (unpaired) electrons. The van der Waals surface area contributed by atoms with Gasteiger partial charge in [0.15, 0.2) is 0 Å². The normalized spacial score (nSPS) is 14.6. The van der Waals surface area contributed by atoms with Crippen molar-refractivity contribution in [1.29, 1.82) is 0 Å². The van der Waals surface area contributed by atoms with E-state index in [1.165, 1.54) is 0 Å². The lowest BCUT2D eigenvalue weighted by molar-refractivity contribution is -0.126. The highest BCUT2D eigenvalue weighted by molar-refractivity contribution is 5.79. The molecule has 1 aromatic rings. The van der Waals surface area contributed by atoms with Gasteiger partial charge in [-0.05, 0) is 26.2 Å². The van der Waals surface area contributed by atoms with Crippen molar-refractivity contribution in [3.8, 4) is 0 Å². The molecule has 5 heteroatoms. The number of nitrogens with two attached hydrogens (primary N) is 1. The van der Waals surface area contributed by atoms with Gasteiger partial charge in [0.25, 0.3) is 0 Å². The van der Waals surface area contributed by atoms with Gasteiger partial charge < -0.3 is 15.5 Å². The maximum atomic E-state index is 12.0. The van der Waals surface area contributed by atoms with E-state index in [1.807, 2.05) is 13.8 Å². The Morgan fingerprint density at radius 3 is 2.61 bits per heavy atom. The van der Waals surface area contributed by atoms with Gasteiger partial charge in [-0.15, -0.1) is 0 Å². The number of carbonyl (C=O) groups is 1. The van der Waals surface area contributed by atoms with Crippen LogP contribution in [0.15, 0.2) is 10.6 Å². The third-order valence-electron chi connectivity index (χ3n) is 2.78. The maximum absolute atomic E-state index is 12.0. The molecule has 1 aromatic heterocycles. The first kappa shape index (κ1) is 14.7. The number of aryl methyl sites for hydroxylation is 1. The maximum Gasteiger partial charge on any atom is 0.225 e. The number of amides is 1. The minimum absolute atomic E-state index is 0.0328. The molecule has 0 bridgehead atoms. The average Bonchev–Trinajstić information content (AvgIpc) is 2.72. The summed E-state index contributed by atoms with van der Waals surface area (Å²) in [4.78, 5) is 16.1. The number of hydrogen-bond donors (Lipinski definition) is 2. The molecule has 2 atom stereocenters. The van der Waals surface area contributed by atoms with Crippen LogP contribution in [0.5, 0.6) is 0 Å². The summed E-state index contributed by atoms with van der Waals surface area (Å²) in [7, 11) is 0. The summed E-state index contributed by atoms with van der Waals surface area (Å²) in [6, 6.07) is -0.229. The quantitative estimate of drug-likeness (QED) is 0.809. The Labute approximate surface area is 108 Å². The molecule has 0 saturated carbocycles. The largest absolute Gasteiger partial charge is 0.444 e. The van der Waals surface area contributed by atoms with Crippen molar-refractivity contribution in [2.75, 3.05) is 6.54 Å². The SMILES string of the molecule is Cc1cnc(C(C)NC(=O)C(CN)CC(C)C)o1. The van der Waals surface area contributed by atoms with Gasteiger partial charge in [0.05, 0.1) is 12.1 Å². The van der Waals surface area contributed by atoms with Crippen LogP contribution in [0.25, 0.3) is 0 Å². The molecule has 1 rings (SSSR count). The molecule has 0 aliphatic rings. The molecule has 0 spiro atoms. The average molecular weight is 253 g/mol. The molecule has 1 amide bonds. The van der Waals surface area contributed by atoms with Gasteiger partial charge in [-0.25, -0.2) is 4.98 Å². The number of oxazole rings is 1. The second kappa shape index (κ2) is 6.54. The summed E-state index contributed by atoms with van der Waals surface area (Å²) in [5, 5.41) is 2.89. The zero-order chi connectivity index (χ0) is 13.7. The van der Waals surface area contributed by atoms with Crippen LogP contribution in [-0.2, 0) is 4.79 Å². The second-order valence-corrected chi connectivity index (χ2v) is 5.10. The topological polar surface area (TPSA) is 81.2 Å². The van der Waals surface area contributed by atoms with Gasteiger partial charge in [0.2, 0.25) is 11.8 Å². The lowest BCUT2D eigenvalue weighted by Gasteiger charge is -2.19. The van der Waals surface area contributed by atoms with Gasteiger partial charge >= 0.3 is 0 Å². The van der Waals surface area contributed by atoms with Crippen LogP contribution in [0.2, 0.25) is 0 Å². The Bertz CT molecular complexity index is 387. The Morgan fingerprint density at radius 2 is 2.17 bits per heavy atom. The molecule has 5 nitrogen and oxygen atoms in total. The van der Waals surface area contributed by atoms with Crippen molar-refractivity contribution in [3.63, 3.8) is 0 Å². The van der Waals surface area contributed by atoms with Crippen molar-refractivity contribution in [2.45, 2.75) is 40.2 Å². The highest BCUT2D eigenvalue weighted by Crippen LogP contribution is 2.15. The number of aromatic nitrogens is 1. The minimum Gasteiger partial charge on any atom is -0.444 e. The molecule has 0 fully saturated rings. The molecule has 0 aromatic carbocycles. The molecule has 0 saturated heterocycles. The van der Waals surface area contributed by atoms with Crippen LogP contribution in [0, 0.1) is 18.8 Å². The minimum atomic E-state index is -0.229. The van der Waals surface area contributed by atoms with Gasteiger partial charge in [-0.2, -0.15) is 0 Å². The summed E-state index contributed by atoms with van der Waals surface area (Å²) in [6.45, 7) is 8.20. The van der Waals surface area contributed by atoms with E-state index < -0.39 is 0 Å². The Kier molecular flexibility index (Phi) is 5.34. The number of nitrogens with one attached hydrogen (secondary N) is 1. The van der Waals surface area contributed by atoms with E-state index in [0.29, 0.717) is 18.4 Å². The number of rotatable bonds is 6. The Hall–Kier alpha value is -1.36. The molecule has 102 valence electrons. The van der Waals surface area contributed by atoms with Crippen molar-refractivity contribution in [2.24, 2.45) is 17.6 Å². The van der Waals surface area contributed by atoms with Crippen LogP contribution in [0.4, 0.5) is 0 Å². The summed E-state index contributed by atoms with van der Waals surface area (Å²) in [5.41, 5.74) is 5.64. The number of carbonyl (C=O) groups excluding carboxylic acids is 1. The van der Waals surface area contributed by atoms with E-state index in [9.17, 15) is 4.79 Å². The van der Waals surface area contributed by atoms with Crippen LogP contribution in [-0.4, -0.2) is 17.4 Å². The van der Waals surface area contributed by atoms with E-state index in [2.05, 4.69) is 24.1 Å². The first-order chi connectivity index (χ1) is 8.43. The van der Waals surface area contributed by atoms with Crippen LogP contribution < -0.4 is 11.1 Å². The van der Waals surface area contributed by atoms with E-state index >= 15 is 0 Å². The number of hydrogen-bond acceptors (Lipinski definition) is 4. The van der Waals surface area contributed by atoms with Gasteiger partial charge in [0, 0.05) is 6.54 Å². The predicted molar refractivity (Wildman–Crippen MR) is 69.8 cm³/mol. The summed E-state index contributed by atoms with van der Waals surface area (Å²) < 4.78 is 5.38. The van der Waals surface area contributed by atoms with Crippen LogP contribution in [0.1, 0.15) is 44.9 Å². The summed E-state index contributed by atoms with van der Waals surface area (Å²) in [6.07, 6.45) is 2.44. The van der Waals surface area contributed by atoms with E-state index in [1.54, 1.807) is 6.20 Å². The molecule has 18 heavy (non-hydrogen) atoms. The second-order valence-electron chi connectivity index (χ2n) is 5.10. The fourth-order valence-electron chi connectivity index (χ4n) is 1.84. The van der Waals surface area contributed by atoms with E-state index in [0.717, 1.165) is 12.2 Å². The molecule has 2 unspecified atom stereocenters. The first-order valence-electron chi connectivity index (χ1n) is 6.36. The van der Waals surface area contributed by atoms with Crippen LogP contribution >= 0.6 is 0 Å². The molecular weight excluding hydrogens is 230 g/mol. The molecule has 1 heterocycles. The third-order valence-corrected chi connectivity index (χ3v) is 2.78. The van der Waals surface area contributed by atoms with Crippen LogP contribution in [0.3, 0.4) is 0 Å². The van der Waals surface area contributed by atoms with Crippen molar-refractivity contribution >= 4 is 5.91 Å². The lowest BCUT2D eigenvalue weighted by atomic mass is 9.96. The summed E-state index contributed by atoms with van der Waals surface area (Å²) in [5.74, 6) is 1.53. The molecule has 0 aliphatic heterocycles. The summed E-state index contributed by atoms with van der Waals surface area (Å²) >= 11 is 0. The molecular formula is C13H23N3O2. The van der Waals surface area contributed by atoms with Crippen molar-refractivity contribution < 1.29 is 9.21 Å². The van der Waals surface area contributed by atoms with Gasteiger partial charge in [-0.1, -0.05) is 13.8 Å². The fourth-order valence-corrected chi connectivity index (χ4v) is 1.84. The number of nitrogens with zero attached hydrogens (tertiary/aromatic N) is 1. The van der Waals surface area contributed by atoms with E-state index in [4.69, 9.17) is 10.2 Å². The monoisotopic (exact) mass is 253 g/mol. The predicted octanol–water partition coefficient (Wildman–Crippen LogP) is 1.78. The highest BCUT2D eigenvalue weighted by Gasteiger charge is 2.21.